The molecule has 0 heterocycles. The molecule has 1 atom stereocenters. The van der Waals surface area contributed by atoms with Gasteiger partial charge in [0.1, 0.15) is 11.6 Å². The maximum atomic E-state index is 13.9. The van der Waals surface area contributed by atoms with Gasteiger partial charge in [0.15, 0.2) is 0 Å². The van der Waals surface area contributed by atoms with Crippen LogP contribution in [0, 0.1) is 18.6 Å². The quantitative estimate of drug-likeness (QED) is 0.729. The molecule has 5 heteroatoms. The lowest BCUT2D eigenvalue weighted by Gasteiger charge is -2.15. The third-order valence-corrected chi connectivity index (χ3v) is 4.41. The third kappa shape index (κ3) is 3.04. The number of hydrogen-bond acceptors (Lipinski definition) is 1. The molecule has 0 radical (unpaired) electrons. The highest BCUT2D eigenvalue weighted by Gasteiger charge is 2.17. The zero-order chi connectivity index (χ0) is 14.2. The molecule has 0 aliphatic rings. The number of rotatable bonds is 2. The Morgan fingerprint density at radius 3 is 2.32 bits per heavy atom. The van der Waals surface area contributed by atoms with Crippen molar-refractivity contribution in [3.05, 3.63) is 67.6 Å². The highest BCUT2D eigenvalue weighted by Crippen LogP contribution is 2.28. The van der Waals surface area contributed by atoms with E-state index < -0.39 is 17.7 Å². The van der Waals surface area contributed by atoms with Gasteiger partial charge in [-0.25, -0.2) is 8.78 Å². The largest absolute Gasteiger partial charge is 0.320 e. The summed E-state index contributed by atoms with van der Waals surface area (Å²) in [6, 6.07) is 7.01. The van der Waals surface area contributed by atoms with Gasteiger partial charge in [-0.15, -0.1) is 0 Å². The number of benzene rings is 2. The molecule has 0 saturated carbocycles. The number of nitrogens with two attached hydrogens (primary N) is 1. The second-order valence-electron chi connectivity index (χ2n) is 4.27. The van der Waals surface area contributed by atoms with E-state index in [0.29, 0.717) is 0 Å². The van der Waals surface area contributed by atoms with Crippen LogP contribution in [0.25, 0.3) is 0 Å². The van der Waals surface area contributed by atoms with Gasteiger partial charge in [-0.05, 0) is 52.2 Å². The van der Waals surface area contributed by atoms with Gasteiger partial charge in [0.25, 0.3) is 0 Å². The maximum absolute atomic E-state index is 13.9. The summed E-state index contributed by atoms with van der Waals surface area (Å²) in [6.07, 6.45) is 0. The van der Waals surface area contributed by atoms with Crippen molar-refractivity contribution in [1.82, 2.24) is 0 Å². The van der Waals surface area contributed by atoms with Crippen molar-refractivity contribution in [2.45, 2.75) is 13.0 Å². The van der Waals surface area contributed by atoms with Crippen LogP contribution in [-0.2, 0) is 0 Å². The van der Waals surface area contributed by atoms with E-state index >= 15 is 0 Å². The molecule has 100 valence electrons. The molecule has 0 fully saturated rings. The molecule has 2 aromatic carbocycles. The normalized spacial score (nSPS) is 12.5. The first-order valence-corrected chi connectivity index (χ1v) is 7.15. The van der Waals surface area contributed by atoms with E-state index in [4.69, 9.17) is 5.73 Å². The Morgan fingerprint density at radius 1 is 1.00 bits per heavy atom. The molecule has 19 heavy (non-hydrogen) atoms. The van der Waals surface area contributed by atoms with E-state index in [1.54, 1.807) is 6.07 Å². The molecule has 0 bridgehead atoms. The Hall–Kier alpha value is -0.780. The molecule has 0 aliphatic heterocycles. The first kappa shape index (κ1) is 14.6. The summed E-state index contributed by atoms with van der Waals surface area (Å²) >= 11 is 6.33. The SMILES string of the molecule is Cc1cc(C(N)c2cc(F)c(Br)cc2F)ccc1Br. The van der Waals surface area contributed by atoms with E-state index in [1.165, 1.54) is 0 Å². The molecule has 0 spiro atoms. The van der Waals surface area contributed by atoms with Crippen LogP contribution in [0.4, 0.5) is 8.78 Å². The summed E-state index contributed by atoms with van der Waals surface area (Å²) < 4.78 is 28.4. The van der Waals surface area contributed by atoms with Gasteiger partial charge < -0.3 is 5.73 Å². The summed E-state index contributed by atoms with van der Waals surface area (Å²) in [5.74, 6) is -1.05. The summed E-state index contributed by atoms with van der Waals surface area (Å²) in [4.78, 5) is 0. The van der Waals surface area contributed by atoms with Gasteiger partial charge >= 0.3 is 0 Å². The van der Waals surface area contributed by atoms with Gasteiger partial charge in [-0.1, -0.05) is 28.1 Å². The Bertz CT molecular complexity index is 629. The first-order valence-electron chi connectivity index (χ1n) is 5.56. The minimum atomic E-state index is -0.700. The summed E-state index contributed by atoms with van der Waals surface area (Å²) in [5.41, 5.74) is 7.89. The molecule has 2 N–H and O–H groups in total. The number of halogens is 4. The van der Waals surface area contributed by atoms with Crippen molar-refractivity contribution in [2.24, 2.45) is 5.73 Å². The zero-order valence-corrected chi connectivity index (χ0v) is 13.2. The van der Waals surface area contributed by atoms with Crippen LogP contribution in [0.5, 0.6) is 0 Å². The number of hydrogen-bond donors (Lipinski definition) is 1. The van der Waals surface area contributed by atoms with E-state index in [0.717, 1.165) is 27.7 Å². The molecule has 0 aliphatic carbocycles. The molecular weight excluding hydrogens is 380 g/mol. The van der Waals surface area contributed by atoms with E-state index in [2.05, 4.69) is 31.9 Å². The Labute approximate surface area is 127 Å². The van der Waals surface area contributed by atoms with Crippen molar-refractivity contribution in [3.8, 4) is 0 Å². The molecule has 1 unspecified atom stereocenters. The van der Waals surface area contributed by atoms with Gasteiger partial charge in [-0.3, -0.25) is 0 Å². The molecule has 1 nitrogen and oxygen atoms in total. The summed E-state index contributed by atoms with van der Waals surface area (Å²) in [6.45, 7) is 1.92. The van der Waals surface area contributed by atoms with Gasteiger partial charge in [0.05, 0.1) is 10.5 Å². The summed E-state index contributed by atoms with van der Waals surface area (Å²) in [5, 5.41) is 0. The lowest BCUT2D eigenvalue weighted by Crippen LogP contribution is -2.14. The predicted molar refractivity (Wildman–Crippen MR) is 79.0 cm³/mol. The zero-order valence-electron chi connectivity index (χ0n) is 10.1. The molecule has 0 amide bonds. The van der Waals surface area contributed by atoms with Crippen molar-refractivity contribution >= 4 is 31.9 Å². The lowest BCUT2D eigenvalue weighted by molar-refractivity contribution is 0.572. The average Bonchev–Trinajstić information content (AvgIpc) is 2.36. The minimum Gasteiger partial charge on any atom is -0.320 e. The van der Waals surface area contributed by atoms with Crippen LogP contribution in [0.3, 0.4) is 0 Å². The second kappa shape index (κ2) is 5.69. The van der Waals surface area contributed by atoms with E-state index in [9.17, 15) is 8.78 Å². The highest BCUT2D eigenvalue weighted by atomic mass is 79.9. The Kier molecular flexibility index (Phi) is 4.38. The van der Waals surface area contributed by atoms with Crippen molar-refractivity contribution < 1.29 is 8.78 Å². The van der Waals surface area contributed by atoms with Crippen LogP contribution in [0.15, 0.2) is 39.3 Å². The van der Waals surface area contributed by atoms with Crippen LogP contribution in [0.2, 0.25) is 0 Å². The first-order chi connectivity index (χ1) is 8.90. The monoisotopic (exact) mass is 389 g/mol. The smallest absolute Gasteiger partial charge is 0.137 e. The molecule has 2 rings (SSSR count). The highest BCUT2D eigenvalue weighted by molar-refractivity contribution is 9.10. The van der Waals surface area contributed by atoms with E-state index in [-0.39, 0.29) is 10.0 Å². The van der Waals surface area contributed by atoms with Gasteiger partial charge in [-0.2, -0.15) is 0 Å². The fraction of sp³-hybridized carbons (Fsp3) is 0.143. The van der Waals surface area contributed by atoms with Crippen LogP contribution < -0.4 is 5.73 Å². The van der Waals surface area contributed by atoms with Crippen LogP contribution >= 0.6 is 31.9 Å². The molecular formula is C14H11Br2F2N. The molecule has 0 aromatic heterocycles. The third-order valence-electron chi connectivity index (χ3n) is 2.92. The Morgan fingerprint density at radius 2 is 1.68 bits per heavy atom. The minimum absolute atomic E-state index is 0.0907. The van der Waals surface area contributed by atoms with Crippen molar-refractivity contribution in [1.29, 1.82) is 0 Å². The van der Waals surface area contributed by atoms with Gasteiger partial charge in [0, 0.05) is 10.0 Å². The standard InChI is InChI=1S/C14H11Br2F2N/c1-7-4-8(2-3-10(7)15)14(19)9-5-13(18)11(16)6-12(9)17/h2-6,14H,19H2,1H3. The Balaban J connectivity index is 2.46. The molecule has 2 aromatic rings. The van der Waals surface area contributed by atoms with Crippen LogP contribution in [0.1, 0.15) is 22.7 Å². The van der Waals surface area contributed by atoms with Gasteiger partial charge in [0.2, 0.25) is 0 Å². The van der Waals surface area contributed by atoms with Crippen molar-refractivity contribution in [3.63, 3.8) is 0 Å². The summed E-state index contributed by atoms with van der Waals surface area (Å²) in [7, 11) is 0. The van der Waals surface area contributed by atoms with E-state index in [1.807, 2.05) is 19.1 Å². The average molecular weight is 391 g/mol. The fourth-order valence-electron chi connectivity index (χ4n) is 1.82. The van der Waals surface area contributed by atoms with Crippen molar-refractivity contribution in [2.75, 3.05) is 0 Å². The maximum Gasteiger partial charge on any atom is 0.137 e. The number of aryl methyl sites for hydroxylation is 1. The predicted octanol–water partition coefficient (Wildman–Crippen LogP) is 4.85. The molecule has 0 saturated heterocycles. The van der Waals surface area contributed by atoms with Crippen LogP contribution in [-0.4, -0.2) is 0 Å². The fourth-order valence-corrected chi connectivity index (χ4v) is 2.38. The topological polar surface area (TPSA) is 26.0 Å². The lowest BCUT2D eigenvalue weighted by atomic mass is 9.98. The second-order valence-corrected chi connectivity index (χ2v) is 5.98.